The third kappa shape index (κ3) is 3.35. The summed E-state index contributed by atoms with van der Waals surface area (Å²) >= 11 is 1.04. The summed E-state index contributed by atoms with van der Waals surface area (Å²) in [6.45, 7) is 0.675. The molecule has 1 saturated heterocycles. The molecule has 2 amide bonds. The summed E-state index contributed by atoms with van der Waals surface area (Å²) < 4.78 is 6.03. The Hall–Kier alpha value is -2.47. The number of hydrogen-bond donors (Lipinski definition) is 1. The van der Waals surface area contributed by atoms with Crippen molar-refractivity contribution in [1.29, 1.82) is 0 Å². The second-order valence-electron chi connectivity index (χ2n) is 6.10. The fraction of sp³-hybridized carbons (Fsp3) is 0.263. The van der Waals surface area contributed by atoms with Crippen LogP contribution in [0.25, 0.3) is 0 Å². The summed E-state index contributed by atoms with van der Waals surface area (Å²) in [4.78, 5) is 24.9. The van der Waals surface area contributed by atoms with E-state index in [9.17, 15) is 9.59 Å². The Bertz CT molecular complexity index is 808. The fourth-order valence-corrected chi connectivity index (χ4v) is 3.83. The zero-order valence-corrected chi connectivity index (χ0v) is 14.4. The highest BCUT2D eigenvalue weighted by Gasteiger charge is 2.31. The molecule has 2 aromatic carbocycles. The largest absolute Gasteiger partial charge is 0.488 e. The highest BCUT2D eigenvalue weighted by atomic mass is 32.2. The number of para-hydroxylation sites is 1. The molecule has 0 aromatic heterocycles. The maximum absolute atomic E-state index is 11.9. The van der Waals surface area contributed by atoms with E-state index in [1.807, 2.05) is 36.4 Å². The quantitative estimate of drug-likeness (QED) is 0.907. The third-order valence-electron chi connectivity index (χ3n) is 4.39. The number of carbonyl (C=O) groups is 2. The molecule has 2 aliphatic rings. The summed E-state index contributed by atoms with van der Waals surface area (Å²) in [5.74, 6) is 1.00. The lowest BCUT2D eigenvalue weighted by Crippen LogP contribution is -2.30. The van der Waals surface area contributed by atoms with Gasteiger partial charge in [-0.05, 0) is 42.7 Å². The van der Waals surface area contributed by atoms with E-state index in [1.165, 1.54) is 10.5 Å². The normalized spacial score (nSPS) is 19.5. The molecule has 1 fully saturated rings. The molecule has 5 nitrogen and oxygen atoms in total. The summed E-state index contributed by atoms with van der Waals surface area (Å²) in [5.41, 5.74) is 2.74. The molecule has 128 valence electrons. The van der Waals surface area contributed by atoms with Gasteiger partial charge in [0.15, 0.2) is 0 Å². The second kappa shape index (κ2) is 6.80. The van der Waals surface area contributed by atoms with Gasteiger partial charge in [-0.1, -0.05) is 36.0 Å². The number of hydrogen-bond acceptors (Lipinski definition) is 5. The lowest BCUT2D eigenvalue weighted by Gasteiger charge is -2.26. The zero-order chi connectivity index (χ0) is 17.2. The van der Waals surface area contributed by atoms with Crippen molar-refractivity contribution >= 4 is 34.3 Å². The average molecular weight is 354 g/mol. The van der Waals surface area contributed by atoms with Crippen molar-refractivity contribution in [2.75, 3.05) is 22.5 Å². The van der Waals surface area contributed by atoms with Crippen molar-refractivity contribution in [3.8, 4) is 5.75 Å². The monoisotopic (exact) mass is 354 g/mol. The smallest absolute Gasteiger partial charge is 0.293 e. The first-order chi connectivity index (χ1) is 12.2. The predicted octanol–water partition coefficient (Wildman–Crippen LogP) is 3.69. The number of rotatable bonds is 4. The minimum absolute atomic E-state index is 0.101. The van der Waals surface area contributed by atoms with Gasteiger partial charge in [0.05, 0.1) is 18.0 Å². The van der Waals surface area contributed by atoms with Crippen LogP contribution in [0.3, 0.4) is 0 Å². The number of nitrogens with zero attached hydrogens (tertiary/aromatic N) is 1. The maximum Gasteiger partial charge on any atom is 0.293 e. The van der Waals surface area contributed by atoms with E-state index in [-0.39, 0.29) is 23.0 Å². The first kappa shape index (κ1) is 16.0. The van der Waals surface area contributed by atoms with Gasteiger partial charge in [-0.25, -0.2) is 4.90 Å². The van der Waals surface area contributed by atoms with E-state index in [0.29, 0.717) is 12.2 Å². The first-order valence-corrected chi connectivity index (χ1v) is 9.27. The Morgan fingerprint density at radius 2 is 2.04 bits per heavy atom. The van der Waals surface area contributed by atoms with Crippen LogP contribution in [0.4, 0.5) is 16.2 Å². The number of fused-ring (bicyclic) bond motifs is 1. The molecular formula is C19H18N2O3S. The molecule has 4 rings (SSSR count). The molecular weight excluding hydrogens is 336 g/mol. The minimum atomic E-state index is -0.214. The summed E-state index contributed by atoms with van der Waals surface area (Å²) in [6, 6.07) is 15.5. The molecule has 0 saturated carbocycles. The summed E-state index contributed by atoms with van der Waals surface area (Å²) in [6.07, 6.45) is 2.07. The van der Waals surface area contributed by atoms with Crippen molar-refractivity contribution in [2.24, 2.45) is 0 Å². The number of nitrogens with one attached hydrogen (secondary N) is 1. The Balaban J connectivity index is 1.41. The van der Waals surface area contributed by atoms with Crippen LogP contribution in [0.2, 0.25) is 0 Å². The summed E-state index contributed by atoms with van der Waals surface area (Å²) in [7, 11) is 0. The van der Waals surface area contributed by atoms with Gasteiger partial charge in [0, 0.05) is 5.69 Å². The molecule has 1 N–H and O–H groups in total. The Kier molecular flexibility index (Phi) is 4.36. The molecule has 0 bridgehead atoms. The molecule has 0 aliphatic carbocycles. The highest BCUT2D eigenvalue weighted by molar-refractivity contribution is 8.15. The van der Waals surface area contributed by atoms with Crippen LogP contribution in [0.15, 0.2) is 48.5 Å². The highest BCUT2D eigenvalue weighted by Crippen LogP contribution is 2.29. The second-order valence-corrected chi connectivity index (χ2v) is 7.03. The predicted molar refractivity (Wildman–Crippen MR) is 99.5 cm³/mol. The van der Waals surface area contributed by atoms with E-state index in [4.69, 9.17) is 4.74 Å². The maximum atomic E-state index is 11.9. The van der Waals surface area contributed by atoms with Crippen LogP contribution in [-0.2, 0) is 11.2 Å². The van der Waals surface area contributed by atoms with E-state index in [0.717, 1.165) is 36.0 Å². The molecule has 0 radical (unpaired) electrons. The van der Waals surface area contributed by atoms with E-state index in [2.05, 4.69) is 11.4 Å². The van der Waals surface area contributed by atoms with Gasteiger partial charge < -0.3 is 10.1 Å². The lowest BCUT2D eigenvalue weighted by atomic mass is 10.0. The molecule has 0 spiro atoms. The minimum Gasteiger partial charge on any atom is -0.488 e. The number of aryl methyl sites for hydroxylation is 1. The van der Waals surface area contributed by atoms with Crippen molar-refractivity contribution in [1.82, 2.24) is 0 Å². The zero-order valence-electron chi connectivity index (χ0n) is 13.6. The number of anilines is 2. The van der Waals surface area contributed by atoms with Crippen LogP contribution in [0.5, 0.6) is 5.75 Å². The van der Waals surface area contributed by atoms with Gasteiger partial charge in [-0.3, -0.25) is 9.59 Å². The molecule has 25 heavy (non-hydrogen) atoms. The molecule has 1 atom stereocenters. The van der Waals surface area contributed by atoms with Gasteiger partial charge in [0.1, 0.15) is 11.9 Å². The third-order valence-corrected chi connectivity index (χ3v) is 5.21. The number of thioether (sulfide) groups is 1. The topological polar surface area (TPSA) is 58.6 Å². The van der Waals surface area contributed by atoms with E-state index in [1.54, 1.807) is 6.07 Å². The van der Waals surface area contributed by atoms with Crippen LogP contribution in [-0.4, -0.2) is 29.5 Å². The lowest BCUT2D eigenvalue weighted by molar-refractivity contribution is -0.115. The molecule has 1 unspecified atom stereocenters. The van der Waals surface area contributed by atoms with Gasteiger partial charge in [0.25, 0.3) is 5.24 Å². The van der Waals surface area contributed by atoms with Crippen LogP contribution in [0.1, 0.15) is 12.0 Å². The van der Waals surface area contributed by atoms with Crippen LogP contribution >= 0.6 is 11.8 Å². The van der Waals surface area contributed by atoms with E-state index >= 15 is 0 Å². The van der Waals surface area contributed by atoms with Gasteiger partial charge >= 0.3 is 0 Å². The SMILES string of the molecule is O=C1CSC(=O)N1c1cccc(NCC2CCc3ccccc3O2)c1. The van der Waals surface area contributed by atoms with Gasteiger partial charge in [-0.2, -0.15) is 0 Å². The van der Waals surface area contributed by atoms with Crippen molar-refractivity contribution in [3.63, 3.8) is 0 Å². The van der Waals surface area contributed by atoms with Crippen molar-refractivity contribution < 1.29 is 14.3 Å². The van der Waals surface area contributed by atoms with Crippen LogP contribution < -0.4 is 15.0 Å². The first-order valence-electron chi connectivity index (χ1n) is 8.29. The van der Waals surface area contributed by atoms with Crippen molar-refractivity contribution in [2.45, 2.75) is 18.9 Å². The van der Waals surface area contributed by atoms with Gasteiger partial charge in [-0.15, -0.1) is 0 Å². The molecule has 2 aliphatic heterocycles. The van der Waals surface area contributed by atoms with Gasteiger partial charge in [0.2, 0.25) is 5.91 Å². The average Bonchev–Trinajstić information content (AvgIpc) is 2.98. The Labute approximate surface area is 150 Å². The number of ether oxygens (including phenoxy) is 1. The molecule has 2 heterocycles. The Morgan fingerprint density at radius 1 is 1.16 bits per heavy atom. The molecule has 2 aromatic rings. The number of carbonyl (C=O) groups excluding carboxylic acids is 2. The number of amides is 2. The number of benzene rings is 2. The number of imide groups is 1. The van der Waals surface area contributed by atoms with Crippen LogP contribution in [0, 0.1) is 0 Å². The van der Waals surface area contributed by atoms with Crippen molar-refractivity contribution in [3.05, 3.63) is 54.1 Å². The van der Waals surface area contributed by atoms with E-state index < -0.39 is 0 Å². The Morgan fingerprint density at radius 3 is 2.88 bits per heavy atom. The molecule has 6 heteroatoms. The fourth-order valence-electron chi connectivity index (χ4n) is 3.11. The standard InChI is InChI=1S/C19H18N2O3S/c22-18-12-25-19(23)21(18)15-6-3-5-14(10-15)20-11-16-9-8-13-4-1-2-7-17(13)24-16/h1-7,10,16,20H,8-9,11-12H2. The summed E-state index contributed by atoms with van der Waals surface area (Å²) in [5, 5.41) is 3.14.